The maximum Gasteiger partial charge on any atom is 0.420 e. The Morgan fingerprint density at radius 2 is 2.00 bits per heavy atom. The lowest BCUT2D eigenvalue weighted by Crippen LogP contribution is -2.10. The van der Waals surface area contributed by atoms with Gasteiger partial charge in [0.2, 0.25) is 5.88 Å². The Morgan fingerprint density at radius 1 is 1.24 bits per heavy atom. The smallest absolute Gasteiger partial charge is 0.420 e. The number of nitrogen functional groups attached to an aromatic ring is 1. The fourth-order valence-electron chi connectivity index (χ4n) is 1.77. The zero-order chi connectivity index (χ0) is 15.5. The number of anilines is 1. The summed E-state index contributed by atoms with van der Waals surface area (Å²) in [7, 11) is 1.43. The molecule has 0 bridgehead atoms. The average molecular weight is 298 g/mol. The minimum absolute atomic E-state index is 0.0219. The lowest BCUT2D eigenvalue weighted by atomic mass is 10.1. The van der Waals surface area contributed by atoms with Gasteiger partial charge < -0.3 is 15.2 Å². The number of nitrogens with two attached hydrogens (primary N) is 1. The minimum atomic E-state index is -4.54. The average Bonchev–Trinajstić information content (AvgIpc) is 2.45. The van der Waals surface area contributed by atoms with E-state index in [0.717, 1.165) is 6.07 Å². The van der Waals surface area contributed by atoms with E-state index in [1.807, 2.05) is 0 Å². The molecule has 0 unspecified atom stereocenters. The first-order valence-corrected chi connectivity index (χ1v) is 5.99. The molecule has 0 spiro atoms. The lowest BCUT2D eigenvalue weighted by molar-refractivity contribution is -0.139. The molecule has 112 valence electrons. The summed E-state index contributed by atoms with van der Waals surface area (Å²) in [6.45, 7) is -0.0932. The Labute approximate surface area is 119 Å². The molecule has 0 aliphatic heterocycles. The van der Waals surface area contributed by atoms with Crippen molar-refractivity contribution in [1.29, 1.82) is 0 Å². The van der Waals surface area contributed by atoms with E-state index in [1.165, 1.54) is 25.4 Å². The predicted molar refractivity (Wildman–Crippen MR) is 71.0 cm³/mol. The number of aromatic nitrogens is 1. The van der Waals surface area contributed by atoms with E-state index in [4.69, 9.17) is 15.2 Å². The van der Waals surface area contributed by atoms with E-state index >= 15 is 0 Å². The quantitative estimate of drug-likeness (QED) is 0.880. The van der Waals surface area contributed by atoms with Crippen LogP contribution in [0.3, 0.4) is 0 Å². The van der Waals surface area contributed by atoms with Crippen molar-refractivity contribution in [3.05, 3.63) is 47.7 Å². The van der Waals surface area contributed by atoms with Crippen LogP contribution in [0.1, 0.15) is 11.1 Å². The molecule has 0 radical (unpaired) electrons. The molecule has 0 amide bonds. The van der Waals surface area contributed by atoms with Crippen molar-refractivity contribution in [1.82, 2.24) is 4.98 Å². The van der Waals surface area contributed by atoms with Crippen LogP contribution in [-0.2, 0) is 12.8 Å². The Kier molecular flexibility index (Phi) is 4.21. The fourth-order valence-corrected chi connectivity index (χ4v) is 1.77. The van der Waals surface area contributed by atoms with Gasteiger partial charge in [0.25, 0.3) is 0 Å². The SMILES string of the molecule is COc1ncccc1COc1ccc(N)cc1C(F)(F)F. The Bertz CT molecular complexity index is 630. The lowest BCUT2D eigenvalue weighted by Gasteiger charge is -2.15. The van der Waals surface area contributed by atoms with Crippen LogP contribution in [0.2, 0.25) is 0 Å². The van der Waals surface area contributed by atoms with Crippen molar-refractivity contribution >= 4 is 5.69 Å². The molecule has 0 aliphatic rings. The van der Waals surface area contributed by atoms with Gasteiger partial charge in [-0.2, -0.15) is 13.2 Å². The highest BCUT2D eigenvalue weighted by atomic mass is 19.4. The number of ether oxygens (including phenoxy) is 2. The van der Waals surface area contributed by atoms with Crippen molar-refractivity contribution in [2.24, 2.45) is 0 Å². The third-order valence-corrected chi connectivity index (χ3v) is 2.74. The summed E-state index contributed by atoms with van der Waals surface area (Å²) in [5.41, 5.74) is 5.05. The number of nitrogens with zero attached hydrogens (tertiary/aromatic N) is 1. The maximum atomic E-state index is 12.9. The standard InChI is InChI=1S/C14H13F3N2O2/c1-20-13-9(3-2-6-19-13)8-21-12-5-4-10(18)7-11(12)14(15,16)17/h2-7H,8,18H2,1H3. The molecule has 4 nitrogen and oxygen atoms in total. The summed E-state index contributed by atoms with van der Waals surface area (Å²) < 4.78 is 49.0. The van der Waals surface area contributed by atoms with Gasteiger partial charge in [0, 0.05) is 11.9 Å². The monoisotopic (exact) mass is 298 g/mol. The van der Waals surface area contributed by atoms with E-state index in [0.29, 0.717) is 11.4 Å². The second kappa shape index (κ2) is 5.90. The predicted octanol–water partition coefficient (Wildman–Crippen LogP) is 3.27. The highest BCUT2D eigenvalue weighted by Crippen LogP contribution is 2.37. The summed E-state index contributed by atoms with van der Waals surface area (Å²) in [5.74, 6) is 0.0177. The zero-order valence-electron chi connectivity index (χ0n) is 11.1. The van der Waals surface area contributed by atoms with Crippen LogP contribution in [-0.4, -0.2) is 12.1 Å². The Morgan fingerprint density at radius 3 is 2.67 bits per heavy atom. The number of alkyl halides is 3. The van der Waals surface area contributed by atoms with Gasteiger partial charge >= 0.3 is 6.18 Å². The van der Waals surface area contributed by atoms with Gasteiger partial charge in [0.05, 0.1) is 18.2 Å². The molecule has 21 heavy (non-hydrogen) atoms. The molecule has 1 aromatic carbocycles. The molecule has 2 N–H and O–H groups in total. The molecule has 0 aliphatic carbocycles. The van der Waals surface area contributed by atoms with Crippen LogP contribution in [0.4, 0.5) is 18.9 Å². The van der Waals surface area contributed by atoms with E-state index in [-0.39, 0.29) is 18.0 Å². The molecule has 1 aromatic heterocycles. The van der Waals surface area contributed by atoms with Crippen LogP contribution < -0.4 is 15.2 Å². The fraction of sp³-hybridized carbons (Fsp3) is 0.214. The molecule has 0 saturated carbocycles. The van der Waals surface area contributed by atoms with E-state index in [9.17, 15) is 13.2 Å². The minimum Gasteiger partial charge on any atom is -0.488 e. The van der Waals surface area contributed by atoms with Crippen LogP contribution >= 0.6 is 0 Å². The third kappa shape index (κ3) is 3.56. The van der Waals surface area contributed by atoms with Gasteiger partial charge in [-0.05, 0) is 30.3 Å². The molecular formula is C14H13F3N2O2. The van der Waals surface area contributed by atoms with Crippen LogP contribution in [0.25, 0.3) is 0 Å². The van der Waals surface area contributed by atoms with Crippen LogP contribution in [0.15, 0.2) is 36.5 Å². The molecule has 2 aromatic rings. The normalized spacial score (nSPS) is 11.2. The van der Waals surface area contributed by atoms with Gasteiger partial charge in [-0.15, -0.1) is 0 Å². The summed E-state index contributed by atoms with van der Waals surface area (Å²) in [5, 5.41) is 0. The van der Waals surface area contributed by atoms with Gasteiger partial charge in [0.1, 0.15) is 12.4 Å². The van der Waals surface area contributed by atoms with Gasteiger partial charge in [-0.1, -0.05) is 0 Å². The summed E-state index contributed by atoms with van der Waals surface area (Å²) in [6.07, 6.45) is -3.02. The largest absolute Gasteiger partial charge is 0.488 e. The van der Waals surface area contributed by atoms with Crippen molar-refractivity contribution in [3.63, 3.8) is 0 Å². The molecule has 1 heterocycles. The third-order valence-electron chi connectivity index (χ3n) is 2.74. The van der Waals surface area contributed by atoms with Crippen LogP contribution in [0, 0.1) is 0 Å². The number of hydrogen-bond acceptors (Lipinski definition) is 4. The highest BCUT2D eigenvalue weighted by molar-refractivity contribution is 5.49. The molecule has 0 atom stereocenters. The molecule has 0 saturated heterocycles. The molecule has 7 heteroatoms. The van der Waals surface area contributed by atoms with E-state index in [1.54, 1.807) is 12.1 Å². The van der Waals surface area contributed by atoms with E-state index in [2.05, 4.69) is 4.98 Å². The number of methoxy groups -OCH3 is 1. The summed E-state index contributed by atoms with van der Waals surface area (Å²) in [4.78, 5) is 3.95. The van der Waals surface area contributed by atoms with Crippen molar-refractivity contribution < 1.29 is 22.6 Å². The first-order valence-electron chi connectivity index (χ1n) is 5.99. The number of rotatable bonds is 4. The maximum absolute atomic E-state index is 12.9. The second-order valence-electron chi connectivity index (χ2n) is 4.21. The zero-order valence-corrected chi connectivity index (χ0v) is 11.1. The second-order valence-corrected chi connectivity index (χ2v) is 4.21. The van der Waals surface area contributed by atoms with Gasteiger partial charge in [0.15, 0.2) is 0 Å². The Hall–Kier alpha value is -2.44. The molecule has 2 rings (SSSR count). The first kappa shape index (κ1) is 15.0. The van der Waals surface area contributed by atoms with Crippen LogP contribution in [0.5, 0.6) is 11.6 Å². The topological polar surface area (TPSA) is 57.4 Å². The van der Waals surface area contributed by atoms with Gasteiger partial charge in [-0.3, -0.25) is 0 Å². The highest BCUT2D eigenvalue weighted by Gasteiger charge is 2.34. The summed E-state index contributed by atoms with van der Waals surface area (Å²) >= 11 is 0. The van der Waals surface area contributed by atoms with E-state index < -0.39 is 11.7 Å². The summed E-state index contributed by atoms with van der Waals surface area (Å²) in [6, 6.07) is 6.70. The van der Waals surface area contributed by atoms with Crippen molar-refractivity contribution in [2.45, 2.75) is 12.8 Å². The Balaban J connectivity index is 2.24. The molecule has 0 fully saturated rings. The van der Waals surface area contributed by atoms with Crippen molar-refractivity contribution in [2.75, 3.05) is 12.8 Å². The molecular weight excluding hydrogens is 285 g/mol. The first-order chi connectivity index (χ1) is 9.91. The van der Waals surface area contributed by atoms with Crippen molar-refractivity contribution in [3.8, 4) is 11.6 Å². The van der Waals surface area contributed by atoms with Gasteiger partial charge in [-0.25, -0.2) is 4.98 Å². The number of halogens is 3. The number of benzene rings is 1. The number of hydrogen-bond donors (Lipinski definition) is 1. The number of pyridine rings is 1.